The van der Waals surface area contributed by atoms with Crippen molar-refractivity contribution in [2.45, 2.75) is 72.3 Å². The van der Waals surface area contributed by atoms with Crippen LogP contribution in [0.25, 0.3) is 0 Å². The molecule has 29 heavy (non-hydrogen) atoms. The molecule has 0 fully saturated rings. The van der Waals surface area contributed by atoms with Crippen LogP contribution in [0.2, 0.25) is 0 Å². The van der Waals surface area contributed by atoms with Crippen LogP contribution in [0.3, 0.4) is 0 Å². The lowest BCUT2D eigenvalue weighted by molar-refractivity contribution is -0.128. The molecule has 0 aromatic rings. The smallest absolute Gasteiger partial charge is 0.204 e. The summed E-state index contributed by atoms with van der Waals surface area (Å²) >= 11 is 0. The van der Waals surface area contributed by atoms with Gasteiger partial charge in [-0.3, -0.25) is 4.79 Å². The molecule has 1 rings (SSSR count). The Morgan fingerprint density at radius 1 is 1.14 bits per heavy atom. The summed E-state index contributed by atoms with van der Waals surface area (Å²) in [7, 11) is 2.89. The van der Waals surface area contributed by atoms with Crippen LogP contribution in [0.5, 0.6) is 0 Å². The van der Waals surface area contributed by atoms with E-state index in [1.165, 1.54) is 25.4 Å². The summed E-state index contributed by atoms with van der Waals surface area (Å²) in [6.45, 7) is 8.45. The molecule has 5 nitrogen and oxygen atoms in total. The molecule has 166 valence electrons. The van der Waals surface area contributed by atoms with Gasteiger partial charge in [0.1, 0.15) is 6.10 Å². The molecular weight excluding hydrogens is 368 g/mol. The first-order chi connectivity index (χ1) is 13.8. The van der Waals surface area contributed by atoms with E-state index in [2.05, 4.69) is 32.9 Å². The predicted molar refractivity (Wildman–Crippen MR) is 116 cm³/mol. The molecule has 0 saturated heterocycles. The van der Waals surface area contributed by atoms with E-state index >= 15 is 0 Å². The number of aliphatic hydroxyl groups excluding tert-OH is 2. The van der Waals surface area contributed by atoms with Crippen LogP contribution < -0.4 is 0 Å². The Balaban J connectivity index is 2.57. The zero-order chi connectivity index (χ0) is 22.0. The third kappa shape index (κ3) is 7.63. The van der Waals surface area contributed by atoms with Crippen LogP contribution in [0.1, 0.15) is 66.2 Å². The largest absolute Gasteiger partial charge is 0.494 e. The third-order valence-electron chi connectivity index (χ3n) is 5.95. The summed E-state index contributed by atoms with van der Waals surface area (Å²) in [4.78, 5) is 12.5. The Labute approximate surface area is 176 Å². The summed E-state index contributed by atoms with van der Waals surface area (Å²) in [5.74, 6) is 0.119. The summed E-state index contributed by atoms with van der Waals surface area (Å²) in [5.41, 5.74) is 2.65. The van der Waals surface area contributed by atoms with Gasteiger partial charge in [0.2, 0.25) is 11.5 Å². The molecule has 2 N–H and O–H groups in total. The molecule has 1 aliphatic carbocycles. The SMILES string of the molecule is COC1=C(OC)C(O)C(CC=C(C)CCC=C(C)CCCC(C)CO)C(C)C1=O. The van der Waals surface area contributed by atoms with E-state index in [-0.39, 0.29) is 35.7 Å². The molecule has 5 heteroatoms. The van der Waals surface area contributed by atoms with Crippen molar-refractivity contribution in [1.82, 2.24) is 0 Å². The number of rotatable bonds is 12. The van der Waals surface area contributed by atoms with Gasteiger partial charge in [-0.1, -0.05) is 37.1 Å². The topological polar surface area (TPSA) is 76.0 Å². The maximum absolute atomic E-state index is 12.5. The van der Waals surface area contributed by atoms with E-state index < -0.39 is 6.10 Å². The molecule has 0 heterocycles. The van der Waals surface area contributed by atoms with Gasteiger partial charge >= 0.3 is 0 Å². The molecule has 0 spiro atoms. The van der Waals surface area contributed by atoms with Crippen molar-refractivity contribution < 1.29 is 24.5 Å². The highest BCUT2D eigenvalue weighted by atomic mass is 16.5. The highest BCUT2D eigenvalue weighted by molar-refractivity contribution is 5.97. The minimum atomic E-state index is -0.838. The Kier molecular flexibility index (Phi) is 11.3. The van der Waals surface area contributed by atoms with Gasteiger partial charge in [-0.05, 0) is 58.3 Å². The van der Waals surface area contributed by atoms with E-state index in [1.807, 2.05) is 6.92 Å². The molecule has 1 aliphatic rings. The number of methoxy groups -OCH3 is 2. The van der Waals surface area contributed by atoms with Gasteiger partial charge in [0.05, 0.1) is 14.2 Å². The molecule has 0 bridgehead atoms. The maximum Gasteiger partial charge on any atom is 0.204 e. The fraction of sp³-hybridized carbons (Fsp3) is 0.708. The lowest BCUT2D eigenvalue weighted by atomic mass is 9.77. The van der Waals surface area contributed by atoms with Crippen LogP contribution >= 0.6 is 0 Å². The Bertz CT molecular complexity index is 617. The van der Waals surface area contributed by atoms with Gasteiger partial charge in [-0.2, -0.15) is 0 Å². The highest BCUT2D eigenvalue weighted by Gasteiger charge is 2.42. The van der Waals surface area contributed by atoms with E-state index in [9.17, 15) is 9.90 Å². The molecule has 0 aliphatic heterocycles. The van der Waals surface area contributed by atoms with Crippen LogP contribution in [-0.4, -0.2) is 42.9 Å². The van der Waals surface area contributed by atoms with Crippen molar-refractivity contribution in [2.24, 2.45) is 17.8 Å². The molecule has 0 aromatic carbocycles. The van der Waals surface area contributed by atoms with Crippen molar-refractivity contribution in [3.8, 4) is 0 Å². The number of Topliss-reactive ketones (excluding diaryl/α,β-unsaturated/α-hetero) is 1. The van der Waals surface area contributed by atoms with Crippen LogP contribution in [0, 0.1) is 17.8 Å². The van der Waals surface area contributed by atoms with Gasteiger partial charge in [0.15, 0.2) is 5.76 Å². The molecule has 0 aromatic heterocycles. The number of hydrogen-bond acceptors (Lipinski definition) is 5. The minimum absolute atomic E-state index is 0.111. The van der Waals surface area contributed by atoms with Crippen molar-refractivity contribution in [3.05, 3.63) is 34.8 Å². The standard InChI is InChI=1S/C24H40O5/c1-16(10-8-12-18(3)15-25)9-7-11-17(2)13-14-20-19(4)21(26)23(28-5)24(29-6)22(20)27/h9,13,18-20,22,25,27H,7-8,10-12,14-15H2,1-6H3. The van der Waals surface area contributed by atoms with Crippen molar-refractivity contribution in [1.29, 1.82) is 0 Å². The normalized spacial score (nSPS) is 24.7. The molecule has 0 saturated carbocycles. The first-order valence-corrected chi connectivity index (χ1v) is 10.7. The number of ether oxygens (including phenoxy) is 2. The number of hydrogen-bond donors (Lipinski definition) is 2. The zero-order valence-electron chi connectivity index (χ0n) is 19.0. The zero-order valence-corrected chi connectivity index (χ0v) is 19.0. The van der Waals surface area contributed by atoms with Gasteiger partial charge in [-0.15, -0.1) is 0 Å². The summed E-state index contributed by atoms with van der Waals surface area (Å²) in [6.07, 6.45) is 9.42. The Hall–Kier alpha value is -1.59. The lowest BCUT2D eigenvalue weighted by Gasteiger charge is -2.33. The number of carbonyl (C=O) groups excluding carboxylic acids is 1. The average molecular weight is 409 g/mol. The van der Waals surface area contributed by atoms with E-state index in [1.54, 1.807) is 0 Å². The van der Waals surface area contributed by atoms with E-state index in [0.29, 0.717) is 12.3 Å². The van der Waals surface area contributed by atoms with Crippen LogP contribution in [-0.2, 0) is 14.3 Å². The molecule has 0 radical (unpaired) electrons. The van der Waals surface area contributed by atoms with Crippen LogP contribution in [0.4, 0.5) is 0 Å². The fourth-order valence-electron chi connectivity index (χ4n) is 3.78. The van der Waals surface area contributed by atoms with Crippen molar-refractivity contribution in [2.75, 3.05) is 20.8 Å². The molecule has 4 atom stereocenters. The van der Waals surface area contributed by atoms with Crippen LogP contribution in [0.15, 0.2) is 34.8 Å². The van der Waals surface area contributed by atoms with Gasteiger partial charge < -0.3 is 19.7 Å². The highest BCUT2D eigenvalue weighted by Crippen LogP contribution is 2.35. The van der Waals surface area contributed by atoms with Crippen molar-refractivity contribution in [3.63, 3.8) is 0 Å². The van der Waals surface area contributed by atoms with E-state index in [4.69, 9.17) is 14.6 Å². The second-order valence-corrected chi connectivity index (χ2v) is 8.42. The molecular formula is C24H40O5. The fourth-order valence-corrected chi connectivity index (χ4v) is 3.78. The second kappa shape index (κ2) is 12.9. The van der Waals surface area contributed by atoms with Gasteiger partial charge in [0, 0.05) is 18.4 Å². The number of aliphatic hydroxyl groups is 2. The number of carbonyl (C=O) groups is 1. The first-order valence-electron chi connectivity index (χ1n) is 10.7. The van der Waals surface area contributed by atoms with Crippen molar-refractivity contribution >= 4 is 5.78 Å². The quantitative estimate of drug-likeness (QED) is 0.463. The average Bonchev–Trinajstić information content (AvgIpc) is 2.70. The molecule has 0 amide bonds. The van der Waals surface area contributed by atoms with E-state index in [0.717, 1.165) is 32.1 Å². The Morgan fingerprint density at radius 2 is 1.79 bits per heavy atom. The number of allylic oxidation sites excluding steroid dienone is 5. The predicted octanol–water partition coefficient (Wildman–Crippen LogP) is 4.55. The van der Waals surface area contributed by atoms with Gasteiger partial charge in [0.25, 0.3) is 0 Å². The number of ketones is 1. The minimum Gasteiger partial charge on any atom is -0.494 e. The third-order valence-corrected chi connectivity index (χ3v) is 5.95. The summed E-state index contributed by atoms with van der Waals surface area (Å²) < 4.78 is 10.4. The lowest BCUT2D eigenvalue weighted by Crippen LogP contribution is -2.40. The first kappa shape index (κ1) is 25.4. The molecule has 4 unspecified atom stereocenters. The Morgan fingerprint density at radius 3 is 2.38 bits per heavy atom. The summed E-state index contributed by atoms with van der Waals surface area (Å²) in [5, 5.41) is 19.7. The summed E-state index contributed by atoms with van der Waals surface area (Å²) in [6, 6.07) is 0. The monoisotopic (exact) mass is 408 g/mol. The van der Waals surface area contributed by atoms with Gasteiger partial charge in [-0.25, -0.2) is 0 Å². The second-order valence-electron chi connectivity index (χ2n) is 8.42. The maximum atomic E-state index is 12.5.